The van der Waals surface area contributed by atoms with Gasteiger partial charge in [-0.1, -0.05) is 6.08 Å². The second-order valence-corrected chi connectivity index (χ2v) is 3.84. The van der Waals surface area contributed by atoms with Crippen molar-refractivity contribution in [2.75, 3.05) is 13.7 Å². The number of aliphatic hydroxyl groups is 1. The summed E-state index contributed by atoms with van der Waals surface area (Å²) in [6.07, 6.45) is 2.03. The number of carboxylic acid groups (broad SMARTS) is 1. The Hall–Kier alpha value is -1.07. The molecule has 2 N–H and O–H groups in total. The summed E-state index contributed by atoms with van der Waals surface area (Å²) in [6, 6.07) is -0.174. The molecule has 0 saturated carbocycles. The van der Waals surface area contributed by atoms with E-state index in [2.05, 4.69) is 6.58 Å². The molecule has 0 aliphatic carbocycles. The van der Waals surface area contributed by atoms with Gasteiger partial charge in [-0.25, -0.2) is 4.79 Å². The van der Waals surface area contributed by atoms with Crippen molar-refractivity contribution in [3.63, 3.8) is 0 Å². The molecular formula is C10H17NO4. The number of hydrogen-bond donors (Lipinski definition) is 2. The topological polar surface area (TPSA) is 70.0 Å². The molecule has 0 radical (unpaired) electrons. The Morgan fingerprint density at radius 1 is 1.80 bits per heavy atom. The first-order valence-electron chi connectivity index (χ1n) is 4.91. The van der Waals surface area contributed by atoms with Gasteiger partial charge in [0.05, 0.1) is 12.6 Å². The summed E-state index contributed by atoms with van der Waals surface area (Å²) in [5.74, 6) is -1.16. The molecule has 1 aliphatic rings. The summed E-state index contributed by atoms with van der Waals surface area (Å²) in [4.78, 5) is 11.9. The predicted octanol–water partition coefficient (Wildman–Crippen LogP) is 1.04. The van der Waals surface area contributed by atoms with Gasteiger partial charge in [0.25, 0.3) is 0 Å². The molecule has 15 heavy (non-hydrogen) atoms. The van der Waals surface area contributed by atoms with E-state index < -0.39 is 11.9 Å². The molecule has 0 bridgehead atoms. The van der Waals surface area contributed by atoms with Gasteiger partial charge in [-0.2, -0.15) is 0 Å². The van der Waals surface area contributed by atoms with Crippen molar-refractivity contribution in [2.24, 2.45) is 0 Å². The van der Waals surface area contributed by atoms with Crippen molar-refractivity contribution in [1.82, 2.24) is 4.90 Å². The number of amides is 1. The van der Waals surface area contributed by atoms with Crippen LogP contribution in [0.15, 0.2) is 12.7 Å². The van der Waals surface area contributed by atoms with Crippen LogP contribution in [-0.4, -0.2) is 46.7 Å². The third kappa shape index (κ3) is 2.94. The minimum absolute atomic E-state index is 0.174. The van der Waals surface area contributed by atoms with Crippen LogP contribution in [0.3, 0.4) is 0 Å². The molecule has 5 heteroatoms. The van der Waals surface area contributed by atoms with Crippen molar-refractivity contribution >= 4 is 6.09 Å². The Bertz CT molecular complexity index is 246. The molecule has 1 rings (SSSR count). The van der Waals surface area contributed by atoms with Crippen LogP contribution >= 0.6 is 0 Å². The summed E-state index contributed by atoms with van der Waals surface area (Å²) >= 11 is 0. The SMILES string of the molecule is C=CCC1(O)CC[C@@H](N(C)C(=O)O)CO1. The largest absolute Gasteiger partial charge is 0.465 e. The lowest BCUT2D eigenvalue weighted by Gasteiger charge is -2.38. The quantitative estimate of drug-likeness (QED) is 0.690. The predicted molar refractivity (Wildman–Crippen MR) is 54.5 cm³/mol. The van der Waals surface area contributed by atoms with Crippen molar-refractivity contribution in [2.45, 2.75) is 31.1 Å². The fourth-order valence-corrected chi connectivity index (χ4v) is 1.65. The minimum Gasteiger partial charge on any atom is -0.465 e. The van der Waals surface area contributed by atoms with E-state index in [9.17, 15) is 9.90 Å². The van der Waals surface area contributed by atoms with Gasteiger partial charge in [0, 0.05) is 19.9 Å². The zero-order valence-electron chi connectivity index (χ0n) is 8.85. The molecule has 86 valence electrons. The molecule has 5 nitrogen and oxygen atoms in total. The lowest BCUT2D eigenvalue weighted by atomic mass is 9.99. The number of nitrogens with zero attached hydrogens (tertiary/aromatic N) is 1. The highest BCUT2D eigenvalue weighted by Crippen LogP contribution is 2.27. The maximum absolute atomic E-state index is 10.7. The van der Waals surface area contributed by atoms with Gasteiger partial charge in [-0.15, -0.1) is 6.58 Å². The summed E-state index contributed by atoms with van der Waals surface area (Å²) in [7, 11) is 1.51. The maximum Gasteiger partial charge on any atom is 0.407 e. The van der Waals surface area contributed by atoms with Crippen LogP contribution in [0.2, 0.25) is 0 Å². The minimum atomic E-state index is -1.16. The zero-order valence-corrected chi connectivity index (χ0v) is 8.85. The van der Waals surface area contributed by atoms with Crippen molar-refractivity contribution in [1.29, 1.82) is 0 Å². The molecular weight excluding hydrogens is 198 g/mol. The first-order chi connectivity index (χ1) is 6.98. The van der Waals surface area contributed by atoms with Crippen LogP contribution in [0.25, 0.3) is 0 Å². The third-order valence-corrected chi connectivity index (χ3v) is 2.73. The van der Waals surface area contributed by atoms with Crippen LogP contribution < -0.4 is 0 Å². The second kappa shape index (κ2) is 4.63. The van der Waals surface area contributed by atoms with Gasteiger partial charge in [-0.3, -0.25) is 0 Å². The van der Waals surface area contributed by atoms with Crippen molar-refractivity contribution in [3.05, 3.63) is 12.7 Å². The molecule has 2 atom stereocenters. The maximum atomic E-state index is 10.7. The molecule has 1 aliphatic heterocycles. The van der Waals surface area contributed by atoms with Gasteiger partial charge in [0.15, 0.2) is 5.79 Å². The first-order valence-corrected chi connectivity index (χ1v) is 4.91. The summed E-state index contributed by atoms with van der Waals surface area (Å²) in [5, 5.41) is 18.6. The Kier molecular flexibility index (Phi) is 3.71. The Labute approximate surface area is 89.0 Å². The zero-order chi connectivity index (χ0) is 11.5. The van der Waals surface area contributed by atoms with E-state index in [4.69, 9.17) is 9.84 Å². The number of carbonyl (C=O) groups is 1. The highest BCUT2D eigenvalue weighted by molar-refractivity contribution is 5.64. The normalized spacial score (nSPS) is 30.9. The monoisotopic (exact) mass is 215 g/mol. The van der Waals surface area contributed by atoms with Crippen molar-refractivity contribution in [3.8, 4) is 0 Å². The van der Waals surface area contributed by atoms with Crippen LogP contribution in [-0.2, 0) is 4.74 Å². The van der Waals surface area contributed by atoms with E-state index in [1.165, 1.54) is 11.9 Å². The van der Waals surface area contributed by atoms with E-state index in [-0.39, 0.29) is 12.6 Å². The van der Waals surface area contributed by atoms with E-state index in [1.807, 2.05) is 0 Å². The van der Waals surface area contributed by atoms with E-state index in [0.29, 0.717) is 19.3 Å². The number of hydrogen-bond acceptors (Lipinski definition) is 3. The standard InChI is InChI=1S/C10H17NO4/c1-3-5-10(14)6-4-8(7-15-10)11(2)9(12)13/h3,8,14H,1,4-7H2,2H3,(H,12,13)/t8-,10?/m1/s1. The number of likely N-dealkylation sites (N-methyl/N-ethyl adjacent to an activating group) is 1. The molecule has 1 unspecified atom stereocenters. The highest BCUT2D eigenvalue weighted by Gasteiger charge is 2.35. The highest BCUT2D eigenvalue weighted by atomic mass is 16.6. The third-order valence-electron chi connectivity index (χ3n) is 2.73. The second-order valence-electron chi connectivity index (χ2n) is 3.84. The lowest BCUT2D eigenvalue weighted by Crippen LogP contribution is -2.48. The van der Waals surface area contributed by atoms with Crippen LogP contribution in [0.4, 0.5) is 4.79 Å². The molecule has 0 aromatic heterocycles. The Balaban J connectivity index is 2.48. The van der Waals surface area contributed by atoms with Gasteiger partial charge >= 0.3 is 6.09 Å². The van der Waals surface area contributed by atoms with Gasteiger partial charge < -0.3 is 19.8 Å². The van der Waals surface area contributed by atoms with E-state index in [0.717, 1.165) is 0 Å². The fraction of sp³-hybridized carbons (Fsp3) is 0.700. The molecule has 1 heterocycles. The number of ether oxygens (including phenoxy) is 1. The van der Waals surface area contributed by atoms with E-state index >= 15 is 0 Å². The first kappa shape index (κ1) is 12.0. The molecule has 0 aromatic rings. The fourth-order valence-electron chi connectivity index (χ4n) is 1.65. The Morgan fingerprint density at radius 2 is 2.47 bits per heavy atom. The summed E-state index contributed by atoms with van der Waals surface area (Å²) < 4.78 is 5.27. The van der Waals surface area contributed by atoms with Crippen molar-refractivity contribution < 1.29 is 19.7 Å². The van der Waals surface area contributed by atoms with Crippen LogP contribution in [0.5, 0.6) is 0 Å². The van der Waals surface area contributed by atoms with Gasteiger partial charge in [-0.05, 0) is 6.42 Å². The molecule has 0 spiro atoms. The lowest BCUT2D eigenvalue weighted by molar-refractivity contribution is -0.232. The summed E-state index contributed by atoms with van der Waals surface area (Å²) in [5.41, 5.74) is 0. The molecule has 1 saturated heterocycles. The van der Waals surface area contributed by atoms with Gasteiger partial charge in [0.2, 0.25) is 0 Å². The average Bonchev–Trinajstić information content (AvgIpc) is 2.18. The Morgan fingerprint density at radius 3 is 2.87 bits per heavy atom. The molecule has 0 aromatic carbocycles. The van der Waals surface area contributed by atoms with E-state index in [1.54, 1.807) is 6.08 Å². The number of rotatable bonds is 3. The molecule has 1 amide bonds. The van der Waals surface area contributed by atoms with Crippen LogP contribution in [0.1, 0.15) is 19.3 Å². The smallest absolute Gasteiger partial charge is 0.407 e. The van der Waals surface area contributed by atoms with Gasteiger partial charge in [0.1, 0.15) is 0 Å². The summed E-state index contributed by atoms with van der Waals surface area (Å²) in [6.45, 7) is 3.77. The molecule has 1 fully saturated rings. The average molecular weight is 215 g/mol. The van der Waals surface area contributed by atoms with Crippen LogP contribution in [0, 0.1) is 0 Å².